The number of hydrogen-bond donors (Lipinski definition) is 2. The molecule has 0 saturated carbocycles. The molecular weight excluding hydrogens is 472 g/mol. The molecule has 1 fully saturated rings. The summed E-state index contributed by atoms with van der Waals surface area (Å²) in [6, 6.07) is 7.62. The van der Waals surface area contributed by atoms with Crippen molar-refractivity contribution in [1.29, 1.82) is 0 Å². The van der Waals surface area contributed by atoms with Crippen LogP contribution >= 0.6 is 0 Å². The highest BCUT2D eigenvalue weighted by atomic mass is 16.5. The maximum Gasteiger partial charge on any atom is 0.278 e. The Morgan fingerprint density at radius 1 is 1.14 bits per heavy atom. The van der Waals surface area contributed by atoms with Crippen LogP contribution in [0.5, 0.6) is 5.75 Å². The van der Waals surface area contributed by atoms with E-state index in [9.17, 15) is 9.59 Å². The molecule has 1 atom stereocenters. The molecule has 0 unspecified atom stereocenters. The fourth-order valence-electron chi connectivity index (χ4n) is 4.44. The van der Waals surface area contributed by atoms with Crippen LogP contribution in [0.2, 0.25) is 0 Å². The van der Waals surface area contributed by atoms with Crippen LogP contribution in [-0.2, 0) is 4.79 Å². The maximum absolute atomic E-state index is 13.1. The average Bonchev–Trinajstić information content (AvgIpc) is 3.51. The van der Waals surface area contributed by atoms with Crippen molar-refractivity contribution in [2.75, 3.05) is 30.8 Å². The quantitative estimate of drug-likeness (QED) is 0.396. The van der Waals surface area contributed by atoms with E-state index in [0.717, 1.165) is 30.5 Å². The van der Waals surface area contributed by atoms with Crippen LogP contribution in [0, 0.1) is 6.92 Å². The third-order valence-corrected chi connectivity index (χ3v) is 6.57. The zero-order valence-electron chi connectivity index (χ0n) is 20.9. The smallest absolute Gasteiger partial charge is 0.278 e. The van der Waals surface area contributed by atoms with Crippen molar-refractivity contribution in [3.63, 3.8) is 0 Å². The highest BCUT2D eigenvalue weighted by Crippen LogP contribution is 2.24. The summed E-state index contributed by atoms with van der Waals surface area (Å²) in [5.41, 5.74) is 4.03. The SMILES string of the molecule is COc1cncc(-c2ccc3c(C(=O)Nc4cc(NC(=O)CN5CCC[C@@H]5C)cnc4C)nnn3c2)c1. The summed E-state index contributed by atoms with van der Waals surface area (Å²) < 4.78 is 6.79. The molecule has 0 aliphatic carbocycles. The third-order valence-electron chi connectivity index (χ3n) is 6.57. The summed E-state index contributed by atoms with van der Waals surface area (Å²) in [5.74, 6) is 0.109. The van der Waals surface area contributed by atoms with E-state index in [-0.39, 0.29) is 11.6 Å². The standard InChI is InChI=1S/C26H28N8O3/c1-16-5-4-8-33(16)15-24(35)29-20-10-22(17(2)28-12-20)30-26(36)25-23-7-6-18(14-34(23)32-31-25)19-9-21(37-3)13-27-11-19/h6-7,9-14,16H,4-5,8,15H2,1-3H3,(H,29,35)(H,30,36)/t16-/m0/s1. The molecule has 0 aromatic carbocycles. The van der Waals surface area contributed by atoms with Gasteiger partial charge in [-0.15, -0.1) is 5.10 Å². The molecule has 190 valence electrons. The first kappa shape index (κ1) is 24.3. The topological polar surface area (TPSA) is 127 Å². The van der Waals surface area contributed by atoms with Crippen molar-refractivity contribution in [2.24, 2.45) is 0 Å². The number of pyridine rings is 3. The number of carbonyl (C=O) groups is 2. The van der Waals surface area contributed by atoms with Crippen LogP contribution in [0.25, 0.3) is 16.6 Å². The van der Waals surface area contributed by atoms with E-state index in [0.29, 0.717) is 40.9 Å². The Bertz CT molecular complexity index is 1470. The fourth-order valence-corrected chi connectivity index (χ4v) is 4.44. The molecule has 0 spiro atoms. The molecule has 1 aliphatic heterocycles. The zero-order valence-corrected chi connectivity index (χ0v) is 20.9. The van der Waals surface area contributed by atoms with E-state index >= 15 is 0 Å². The molecule has 0 radical (unpaired) electrons. The van der Waals surface area contributed by atoms with Gasteiger partial charge in [0.2, 0.25) is 5.91 Å². The minimum atomic E-state index is -0.426. The number of likely N-dealkylation sites (tertiary alicyclic amines) is 1. The van der Waals surface area contributed by atoms with Gasteiger partial charge in [0.25, 0.3) is 5.91 Å². The summed E-state index contributed by atoms with van der Waals surface area (Å²) >= 11 is 0. The third kappa shape index (κ3) is 5.26. The minimum absolute atomic E-state index is 0.108. The first-order chi connectivity index (χ1) is 17.9. The number of carbonyl (C=O) groups excluding carboxylic acids is 2. The normalized spacial score (nSPS) is 15.6. The van der Waals surface area contributed by atoms with Gasteiger partial charge in [0, 0.05) is 29.6 Å². The Balaban J connectivity index is 1.31. The Morgan fingerprint density at radius 3 is 2.78 bits per heavy atom. The van der Waals surface area contributed by atoms with Gasteiger partial charge in [-0.05, 0) is 51.4 Å². The van der Waals surface area contributed by atoms with E-state index in [4.69, 9.17) is 4.74 Å². The Kier molecular flexibility index (Phi) is 6.78. The molecule has 5 rings (SSSR count). The molecule has 2 amide bonds. The van der Waals surface area contributed by atoms with E-state index in [1.165, 1.54) is 0 Å². The average molecular weight is 501 g/mol. The van der Waals surface area contributed by atoms with E-state index < -0.39 is 5.91 Å². The fraction of sp³-hybridized carbons (Fsp3) is 0.308. The van der Waals surface area contributed by atoms with Gasteiger partial charge in [-0.25, -0.2) is 4.52 Å². The molecule has 5 heterocycles. The first-order valence-corrected chi connectivity index (χ1v) is 12.1. The van der Waals surface area contributed by atoms with Gasteiger partial charge in [0.15, 0.2) is 5.69 Å². The zero-order chi connectivity index (χ0) is 25.9. The summed E-state index contributed by atoms with van der Waals surface area (Å²) in [5, 5.41) is 13.9. The Labute approximate surface area is 213 Å². The van der Waals surface area contributed by atoms with Gasteiger partial charge in [-0.2, -0.15) is 0 Å². The van der Waals surface area contributed by atoms with Crippen LogP contribution in [-0.4, -0.2) is 67.8 Å². The summed E-state index contributed by atoms with van der Waals surface area (Å²) in [6.07, 6.45) is 8.92. The van der Waals surface area contributed by atoms with Crippen LogP contribution in [0.3, 0.4) is 0 Å². The highest BCUT2D eigenvalue weighted by Gasteiger charge is 2.22. The van der Waals surface area contributed by atoms with Gasteiger partial charge >= 0.3 is 0 Å². The molecule has 2 N–H and O–H groups in total. The van der Waals surface area contributed by atoms with Crippen molar-refractivity contribution in [2.45, 2.75) is 32.7 Å². The van der Waals surface area contributed by atoms with E-state index in [1.807, 2.05) is 12.1 Å². The van der Waals surface area contributed by atoms with Crippen molar-refractivity contribution in [1.82, 2.24) is 29.7 Å². The molecule has 11 nitrogen and oxygen atoms in total. The van der Waals surface area contributed by atoms with Crippen LogP contribution in [0.4, 0.5) is 11.4 Å². The predicted molar refractivity (Wildman–Crippen MR) is 139 cm³/mol. The van der Waals surface area contributed by atoms with Crippen molar-refractivity contribution in [3.05, 3.63) is 60.4 Å². The molecule has 0 bridgehead atoms. The second kappa shape index (κ2) is 10.3. The highest BCUT2D eigenvalue weighted by molar-refractivity contribution is 6.08. The summed E-state index contributed by atoms with van der Waals surface area (Å²) in [7, 11) is 1.59. The number of aryl methyl sites for hydroxylation is 1. The number of nitrogens with zero attached hydrogens (tertiary/aromatic N) is 6. The maximum atomic E-state index is 13.1. The predicted octanol–water partition coefficient (Wildman–Crippen LogP) is 3.18. The van der Waals surface area contributed by atoms with Crippen molar-refractivity contribution in [3.8, 4) is 16.9 Å². The lowest BCUT2D eigenvalue weighted by Crippen LogP contribution is -2.35. The lowest BCUT2D eigenvalue weighted by molar-refractivity contribution is -0.117. The number of aromatic nitrogens is 5. The monoisotopic (exact) mass is 500 g/mol. The minimum Gasteiger partial charge on any atom is -0.495 e. The van der Waals surface area contributed by atoms with Gasteiger partial charge in [0.1, 0.15) is 5.75 Å². The molecule has 11 heteroatoms. The van der Waals surface area contributed by atoms with Crippen LogP contribution < -0.4 is 15.4 Å². The molecule has 4 aromatic rings. The van der Waals surface area contributed by atoms with Gasteiger partial charge in [-0.3, -0.25) is 24.5 Å². The number of nitrogens with one attached hydrogen (secondary N) is 2. The number of rotatable bonds is 7. The molecular formula is C26H28N8O3. The summed E-state index contributed by atoms with van der Waals surface area (Å²) in [4.78, 5) is 36.3. The van der Waals surface area contributed by atoms with E-state index in [2.05, 4.69) is 42.7 Å². The number of methoxy groups -OCH3 is 1. The summed E-state index contributed by atoms with van der Waals surface area (Å²) in [6.45, 7) is 5.17. The number of fused-ring (bicyclic) bond motifs is 1. The van der Waals surface area contributed by atoms with Crippen LogP contribution in [0.15, 0.2) is 49.1 Å². The van der Waals surface area contributed by atoms with Gasteiger partial charge in [0.05, 0.1) is 48.6 Å². The second-order valence-corrected chi connectivity index (χ2v) is 9.12. The lowest BCUT2D eigenvalue weighted by Gasteiger charge is -2.20. The number of anilines is 2. The molecule has 1 saturated heterocycles. The van der Waals surface area contributed by atoms with Crippen molar-refractivity contribution >= 4 is 28.7 Å². The number of ether oxygens (including phenoxy) is 1. The Hall–Kier alpha value is -4.38. The molecule has 4 aromatic heterocycles. The number of hydrogen-bond acceptors (Lipinski definition) is 8. The molecule has 37 heavy (non-hydrogen) atoms. The Morgan fingerprint density at radius 2 is 2.00 bits per heavy atom. The van der Waals surface area contributed by atoms with Crippen LogP contribution in [0.1, 0.15) is 35.9 Å². The second-order valence-electron chi connectivity index (χ2n) is 9.12. The first-order valence-electron chi connectivity index (χ1n) is 12.1. The lowest BCUT2D eigenvalue weighted by atomic mass is 10.1. The molecule has 1 aliphatic rings. The van der Waals surface area contributed by atoms with Gasteiger partial charge < -0.3 is 15.4 Å². The largest absolute Gasteiger partial charge is 0.495 e. The number of amides is 2. The van der Waals surface area contributed by atoms with E-state index in [1.54, 1.807) is 55.5 Å². The van der Waals surface area contributed by atoms with Crippen molar-refractivity contribution < 1.29 is 14.3 Å². The van der Waals surface area contributed by atoms with Gasteiger partial charge in [-0.1, -0.05) is 11.3 Å².